The van der Waals surface area contributed by atoms with E-state index < -0.39 is 0 Å². The molecule has 0 aliphatic heterocycles. The molecule has 4 nitrogen and oxygen atoms in total. The van der Waals surface area contributed by atoms with Crippen molar-refractivity contribution in [1.29, 1.82) is 0 Å². The third kappa shape index (κ3) is 2.80. The van der Waals surface area contributed by atoms with E-state index in [4.69, 9.17) is 0 Å². The van der Waals surface area contributed by atoms with Crippen LogP contribution in [0.4, 0.5) is 4.39 Å². The number of imidazole rings is 1. The quantitative estimate of drug-likeness (QED) is 0.789. The predicted octanol–water partition coefficient (Wildman–Crippen LogP) is 3.69. The summed E-state index contributed by atoms with van der Waals surface area (Å²) in [6.07, 6.45) is 0.696. The molecule has 3 aromatic rings. The molecular weight excluding hydrogens is 317 g/mol. The second kappa shape index (κ2) is 5.99. The second-order valence-corrected chi connectivity index (χ2v) is 6.72. The van der Waals surface area contributed by atoms with Crippen LogP contribution in [0.5, 0.6) is 0 Å². The van der Waals surface area contributed by atoms with Gasteiger partial charge in [-0.25, -0.2) is 9.37 Å². The number of hydrogen-bond donors (Lipinski definition) is 1. The van der Waals surface area contributed by atoms with E-state index in [2.05, 4.69) is 10.3 Å². The van der Waals surface area contributed by atoms with Crippen molar-refractivity contribution in [3.05, 3.63) is 65.7 Å². The molecule has 5 heteroatoms. The van der Waals surface area contributed by atoms with E-state index in [0.29, 0.717) is 12.0 Å². The first-order chi connectivity index (χ1) is 12.1. The molecule has 4 rings (SSSR count). The largest absolute Gasteiger partial charge is 0.346 e. The summed E-state index contributed by atoms with van der Waals surface area (Å²) in [5.74, 6) is 0.375. The Morgan fingerprint density at radius 3 is 2.72 bits per heavy atom. The number of rotatable bonds is 4. The number of para-hydroxylation sites is 2. The first-order valence-electron chi connectivity index (χ1n) is 8.52. The molecule has 1 aliphatic rings. The molecule has 25 heavy (non-hydrogen) atoms. The van der Waals surface area contributed by atoms with E-state index in [0.717, 1.165) is 16.9 Å². The van der Waals surface area contributed by atoms with Crippen LogP contribution in [-0.4, -0.2) is 15.5 Å². The number of aromatic nitrogens is 2. The third-order valence-corrected chi connectivity index (χ3v) is 5.00. The fraction of sp³-hybridized carbons (Fsp3) is 0.300. The van der Waals surface area contributed by atoms with Crippen LogP contribution in [0.3, 0.4) is 0 Å². The normalized spacial score (nSPS) is 20.4. The number of halogens is 1. The molecule has 0 spiro atoms. The van der Waals surface area contributed by atoms with Gasteiger partial charge in [-0.15, -0.1) is 0 Å². The van der Waals surface area contributed by atoms with E-state index in [1.165, 1.54) is 6.07 Å². The fourth-order valence-corrected chi connectivity index (χ4v) is 3.54. The number of hydrogen-bond acceptors (Lipinski definition) is 2. The molecule has 1 amide bonds. The number of carbonyl (C=O) groups excluding carboxylic acids is 1. The maximum absolute atomic E-state index is 13.9. The highest BCUT2D eigenvalue weighted by Gasteiger charge is 2.45. The average molecular weight is 337 g/mol. The van der Waals surface area contributed by atoms with Gasteiger partial charge in [-0.1, -0.05) is 30.3 Å². The lowest BCUT2D eigenvalue weighted by Crippen LogP contribution is -2.30. The van der Waals surface area contributed by atoms with E-state index in [1.807, 2.05) is 48.9 Å². The van der Waals surface area contributed by atoms with Gasteiger partial charge in [0.2, 0.25) is 5.91 Å². The van der Waals surface area contributed by atoms with Gasteiger partial charge in [0.1, 0.15) is 11.6 Å². The molecule has 1 aliphatic carbocycles. The summed E-state index contributed by atoms with van der Waals surface area (Å²) in [4.78, 5) is 17.2. The highest BCUT2D eigenvalue weighted by atomic mass is 19.1. The average Bonchev–Trinajstić information content (AvgIpc) is 3.33. The van der Waals surface area contributed by atoms with Crippen LogP contribution in [0.15, 0.2) is 48.5 Å². The van der Waals surface area contributed by atoms with E-state index in [1.54, 1.807) is 12.1 Å². The number of aryl methyl sites for hydroxylation is 1. The van der Waals surface area contributed by atoms with Crippen molar-refractivity contribution in [1.82, 2.24) is 14.9 Å². The van der Waals surface area contributed by atoms with E-state index >= 15 is 0 Å². The molecule has 1 fully saturated rings. The Morgan fingerprint density at radius 1 is 1.24 bits per heavy atom. The number of carbonyl (C=O) groups is 1. The molecule has 1 N–H and O–H groups in total. The van der Waals surface area contributed by atoms with Crippen molar-refractivity contribution in [3.8, 4) is 0 Å². The number of nitrogens with zero attached hydrogens (tertiary/aromatic N) is 2. The number of amides is 1. The van der Waals surface area contributed by atoms with Crippen LogP contribution in [-0.2, 0) is 11.8 Å². The molecule has 1 aromatic heterocycles. The van der Waals surface area contributed by atoms with E-state index in [9.17, 15) is 9.18 Å². The summed E-state index contributed by atoms with van der Waals surface area (Å²) >= 11 is 0. The predicted molar refractivity (Wildman–Crippen MR) is 94.5 cm³/mol. The van der Waals surface area contributed by atoms with Gasteiger partial charge in [-0.05, 0) is 43.0 Å². The zero-order chi connectivity index (χ0) is 17.6. The van der Waals surface area contributed by atoms with Gasteiger partial charge in [-0.3, -0.25) is 4.79 Å². The highest BCUT2D eigenvalue weighted by Crippen LogP contribution is 2.48. The Bertz CT molecular complexity index is 949. The zero-order valence-corrected chi connectivity index (χ0v) is 14.2. The van der Waals surface area contributed by atoms with Gasteiger partial charge >= 0.3 is 0 Å². The molecular formula is C20H20FN3O. The van der Waals surface area contributed by atoms with Crippen LogP contribution in [0.25, 0.3) is 11.0 Å². The summed E-state index contributed by atoms with van der Waals surface area (Å²) in [6, 6.07) is 14.4. The minimum Gasteiger partial charge on any atom is -0.346 e. The molecule has 3 unspecified atom stereocenters. The van der Waals surface area contributed by atoms with Gasteiger partial charge < -0.3 is 9.88 Å². The first kappa shape index (κ1) is 15.8. The van der Waals surface area contributed by atoms with Gasteiger partial charge in [0, 0.05) is 13.0 Å². The fourth-order valence-electron chi connectivity index (χ4n) is 3.54. The van der Waals surface area contributed by atoms with Crippen LogP contribution in [0.1, 0.15) is 36.7 Å². The van der Waals surface area contributed by atoms with Gasteiger partial charge in [0.25, 0.3) is 0 Å². The highest BCUT2D eigenvalue weighted by molar-refractivity contribution is 5.83. The Morgan fingerprint density at radius 2 is 1.96 bits per heavy atom. The topological polar surface area (TPSA) is 46.9 Å². The number of benzene rings is 2. The van der Waals surface area contributed by atoms with E-state index in [-0.39, 0.29) is 29.6 Å². The molecule has 0 bridgehead atoms. The van der Waals surface area contributed by atoms with Crippen LogP contribution in [0.2, 0.25) is 0 Å². The smallest absolute Gasteiger partial charge is 0.224 e. The van der Waals surface area contributed by atoms with Crippen molar-refractivity contribution in [3.63, 3.8) is 0 Å². The first-order valence-corrected chi connectivity index (χ1v) is 8.52. The van der Waals surface area contributed by atoms with Crippen molar-refractivity contribution < 1.29 is 9.18 Å². The molecule has 2 aromatic carbocycles. The molecule has 128 valence electrons. The molecule has 1 saturated carbocycles. The monoisotopic (exact) mass is 337 g/mol. The van der Waals surface area contributed by atoms with Crippen LogP contribution >= 0.6 is 0 Å². The lowest BCUT2D eigenvalue weighted by molar-refractivity contribution is -0.123. The molecule has 0 radical (unpaired) electrons. The van der Waals surface area contributed by atoms with Crippen LogP contribution < -0.4 is 5.32 Å². The van der Waals surface area contributed by atoms with Crippen molar-refractivity contribution in [2.45, 2.75) is 25.3 Å². The maximum atomic E-state index is 13.9. The zero-order valence-electron chi connectivity index (χ0n) is 14.2. The lowest BCUT2D eigenvalue weighted by atomic mass is 10.1. The third-order valence-electron chi connectivity index (χ3n) is 5.00. The molecule has 1 heterocycles. The Balaban J connectivity index is 1.48. The number of nitrogens with one attached hydrogen (secondary N) is 1. The Kier molecular flexibility index (Phi) is 3.79. The van der Waals surface area contributed by atoms with Gasteiger partial charge in [0.15, 0.2) is 0 Å². The minimum absolute atomic E-state index is 0.0196. The SMILES string of the molecule is CC(NC(=O)C1CC1c1ccccc1F)c1nc2ccccc2n1C. The Hall–Kier alpha value is -2.69. The summed E-state index contributed by atoms with van der Waals surface area (Å²) in [5, 5.41) is 3.03. The Labute approximate surface area is 145 Å². The molecule has 0 saturated heterocycles. The summed E-state index contributed by atoms with van der Waals surface area (Å²) < 4.78 is 15.9. The summed E-state index contributed by atoms with van der Waals surface area (Å²) in [5.41, 5.74) is 2.59. The van der Waals surface area contributed by atoms with Crippen molar-refractivity contribution >= 4 is 16.9 Å². The lowest BCUT2D eigenvalue weighted by Gasteiger charge is -2.14. The van der Waals surface area contributed by atoms with Crippen molar-refractivity contribution in [2.75, 3.05) is 0 Å². The number of fused-ring (bicyclic) bond motifs is 1. The standard InChI is InChI=1S/C20H20FN3O/c1-12(19-23-17-9-5-6-10-18(17)24(19)2)22-20(25)15-11-14(15)13-7-3-4-8-16(13)21/h3-10,12,14-15H,11H2,1-2H3,(H,22,25). The minimum atomic E-state index is -0.230. The van der Waals surface area contributed by atoms with Gasteiger partial charge in [0.05, 0.1) is 17.1 Å². The van der Waals surface area contributed by atoms with Crippen molar-refractivity contribution in [2.24, 2.45) is 13.0 Å². The van der Waals surface area contributed by atoms with Crippen LogP contribution in [0, 0.1) is 11.7 Å². The summed E-state index contributed by atoms with van der Waals surface area (Å²) in [6.45, 7) is 1.93. The summed E-state index contributed by atoms with van der Waals surface area (Å²) in [7, 11) is 1.95. The molecule has 3 atom stereocenters. The van der Waals surface area contributed by atoms with Gasteiger partial charge in [-0.2, -0.15) is 0 Å². The maximum Gasteiger partial charge on any atom is 0.224 e. The second-order valence-electron chi connectivity index (χ2n) is 6.72.